The van der Waals surface area contributed by atoms with Crippen molar-refractivity contribution in [3.63, 3.8) is 0 Å². The standard InChI is InChI=1S/C23H24N2O5S/c1-4-29-19-12-16(10-11-18(19)30-15(2)3)13-20-22(27)25(23(28)31-20)14-21(26)24-17-8-6-5-7-9-17/h5-13,15H,4,14H2,1-3H3,(H,24,26)/b20-13-. The molecule has 2 aromatic carbocycles. The fourth-order valence-corrected chi connectivity index (χ4v) is 3.73. The van der Waals surface area contributed by atoms with Crippen LogP contribution >= 0.6 is 11.8 Å². The van der Waals surface area contributed by atoms with Gasteiger partial charge in [-0.3, -0.25) is 19.3 Å². The average molecular weight is 441 g/mol. The van der Waals surface area contributed by atoms with Crippen LogP contribution in [0.5, 0.6) is 11.5 Å². The lowest BCUT2D eigenvalue weighted by Gasteiger charge is -2.15. The first-order valence-electron chi connectivity index (χ1n) is 9.91. The minimum Gasteiger partial charge on any atom is -0.490 e. The van der Waals surface area contributed by atoms with Gasteiger partial charge >= 0.3 is 0 Å². The van der Waals surface area contributed by atoms with Gasteiger partial charge in [0.2, 0.25) is 5.91 Å². The van der Waals surface area contributed by atoms with Crippen molar-refractivity contribution in [2.24, 2.45) is 0 Å². The Morgan fingerprint density at radius 2 is 1.87 bits per heavy atom. The van der Waals surface area contributed by atoms with Crippen LogP contribution in [0.3, 0.4) is 0 Å². The van der Waals surface area contributed by atoms with Crippen LogP contribution in [0.2, 0.25) is 0 Å². The van der Waals surface area contributed by atoms with Gasteiger partial charge in [0, 0.05) is 5.69 Å². The van der Waals surface area contributed by atoms with Crippen molar-refractivity contribution in [3.05, 3.63) is 59.0 Å². The molecule has 0 aromatic heterocycles. The maximum atomic E-state index is 12.7. The number of thioether (sulfide) groups is 1. The lowest BCUT2D eigenvalue weighted by atomic mass is 10.1. The van der Waals surface area contributed by atoms with Crippen LogP contribution in [-0.2, 0) is 9.59 Å². The molecule has 0 radical (unpaired) electrons. The predicted octanol–water partition coefficient (Wildman–Crippen LogP) is 4.55. The fraction of sp³-hybridized carbons (Fsp3) is 0.261. The van der Waals surface area contributed by atoms with E-state index in [1.165, 1.54) is 0 Å². The van der Waals surface area contributed by atoms with E-state index in [0.717, 1.165) is 16.7 Å². The number of hydrogen-bond donors (Lipinski definition) is 1. The summed E-state index contributed by atoms with van der Waals surface area (Å²) in [5, 5.41) is 2.19. The van der Waals surface area contributed by atoms with Gasteiger partial charge in [-0.1, -0.05) is 24.3 Å². The largest absolute Gasteiger partial charge is 0.490 e. The summed E-state index contributed by atoms with van der Waals surface area (Å²) in [6.07, 6.45) is 1.60. The van der Waals surface area contributed by atoms with Gasteiger partial charge < -0.3 is 14.8 Å². The average Bonchev–Trinajstić information content (AvgIpc) is 2.98. The Hall–Kier alpha value is -3.26. The molecule has 3 amide bonds. The summed E-state index contributed by atoms with van der Waals surface area (Å²) in [5.41, 5.74) is 1.29. The molecule has 0 spiro atoms. The molecule has 1 saturated heterocycles. The number of carbonyl (C=O) groups is 3. The highest BCUT2D eigenvalue weighted by atomic mass is 32.2. The van der Waals surface area contributed by atoms with Crippen molar-refractivity contribution in [1.82, 2.24) is 4.90 Å². The summed E-state index contributed by atoms with van der Waals surface area (Å²) in [6, 6.07) is 14.2. The molecule has 0 atom stereocenters. The number of carbonyl (C=O) groups excluding carboxylic acids is 3. The lowest BCUT2D eigenvalue weighted by Crippen LogP contribution is -2.36. The molecule has 1 aliphatic rings. The second-order valence-electron chi connectivity index (χ2n) is 6.99. The molecule has 1 fully saturated rings. The van der Waals surface area contributed by atoms with Gasteiger partial charge in [-0.2, -0.15) is 0 Å². The summed E-state index contributed by atoms with van der Waals surface area (Å²) >= 11 is 0.805. The molecule has 3 rings (SSSR count). The van der Waals surface area contributed by atoms with Gasteiger partial charge in [0.05, 0.1) is 17.6 Å². The molecule has 7 nitrogen and oxygen atoms in total. The number of benzene rings is 2. The number of hydrogen-bond acceptors (Lipinski definition) is 6. The number of rotatable bonds is 8. The zero-order valence-corrected chi connectivity index (χ0v) is 18.4. The first kappa shape index (κ1) is 22.4. The van der Waals surface area contributed by atoms with Crippen molar-refractivity contribution < 1.29 is 23.9 Å². The van der Waals surface area contributed by atoms with Crippen LogP contribution < -0.4 is 14.8 Å². The summed E-state index contributed by atoms with van der Waals surface area (Å²) in [5.74, 6) is 0.230. The van der Waals surface area contributed by atoms with Crippen LogP contribution in [0.1, 0.15) is 26.3 Å². The molecule has 162 valence electrons. The number of anilines is 1. The molecule has 1 heterocycles. The minimum atomic E-state index is -0.501. The summed E-state index contributed by atoms with van der Waals surface area (Å²) in [7, 11) is 0. The number of ether oxygens (including phenoxy) is 2. The molecule has 0 unspecified atom stereocenters. The van der Waals surface area contributed by atoms with Crippen LogP contribution in [-0.4, -0.2) is 41.2 Å². The van der Waals surface area contributed by atoms with E-state index in [-0.39, 0.29) is 17.6 Å². The van der Waals surface area contributed by atoms with E-state index in [4.69, 9.17) is 9.47 Å². The molecule has 2 aromatic rings. The third-order valence-corrected chi connectivity index (χ3v) is 5.07. The molecule has 1 N–H and O–H groups in total. The van der Waals surface area contributed by atoms with Crippen molar-refractivity contribution in [2.75, 3.05) is 18.5 Å². The van der Waals surface area contributed by atoms with E-state index < -0.39 is 17.1 Å². The second-order valence-corrected chi connectivity index (χ2v) is 7.98. The van der Waals surface area contributed by atoms with E-state index in [1.807, 2.05) is 26.8 Å². The Morgan fingerprint density at radius 3 is 2.55 bits per heavy atom. The number of imide groups is 1. The normalized spacial score (nSPS) is 15.0. The summed E-state index contributed by atoms with van der Waals surface area (Å²) in [4.78, 5) is 38.5. The Balaban J connectivity index is 1.73. The van der Waals surface area contributed by atoms with Gasteiger partial charge in [-0.15, -0.1) is 0 Å². The third-order valence-electron chi connectivity index (χ3n) is 4.16. The molecule has 0 bridgehead atoms. The topological polar surface area (TPSA) is 84.9 Å². The minimum absolute atomic E-state index is 0.0106. The third kappa shape index (κ3) is 5.88. The maximum absolute atomic E-state index is 12.7. The predicted molar refractivity (Wildman–Crippen MR) is 121 cm³/mol. The quantitative estimate of drug-likeness (QED) is 0.607. The second kappa shape index (κ2) is 10.2. The van der Waals surface area contributed by atoms with E-state index in [1.54, 1.807) is 48.5 Å². The van der Waals surface area contributed by atoms with Gasteiger partial charge in [-0.05, 0) is 68.4 Å². The number of nitrogens with zero attached hydrogens (tertiary/aromatic N) is 1. The zero-order chi connectivity index (χ0) is 22.4. The first-order chi connectivity index (χ1) is 14.9. The molecule has 0 saturated carbocycles. The van der Waals surface area contributed by atoms with Gasteiger partial charge in [0.15, 0.2) is 11.5 Å². The molecule has 8 heteroatoms. The Labute approximate surface area is 185 Å². The van der Waals surface area contributed by atoms with Gasteiger partial charge in [0.1, 0.15) is 6.54 Å². The van der Waals surface area contributed by atoms with Gasteiger partial charge in [0.25, 0.3) is 11.1 Å². The molecular weight excluding hydrogens is 416 g/mol. The van der Waals surface area contributed by atoms with Crippen molar-refractivity contribution in [3.8, 4) is 11.5 Å². The lowest BCUT2D eigenvalue weighted by molar-refractivity contribution is -0.127. The molecule has 0 aliphatic carbocycles. The highest BCUT2D eigenvalue weighted by Crippen LogP contribution is 2.35. The van der Waals surface area contributed by atoms with Crippen LogP contribution in [0, 0.1) is 0 Å². The number of para-hydroxylation sites is 1. The molecule has 31 heavy (non-hydrogen) atoms. The van der Waals surface area contributed by atoms with Crippen LogP contribution in [0.15, 0.2) is 53.4 Å². The van der Waals surface area contributed by atoms with Crippen molar-refractivity contribution in [2.45, 2.75) is 26.9 Å². The summed E-state index contributed by atoms with van der Waals surface area (Å²) < 4.78 is 11.4. The van der Waals surface area contributed by atoms with E-state index in [2.05, 4.69) is 5.32 Å². The van der Waals surface area contributed by atoms with Crippen LogP contribution in [0.25, 0.3) is 6.08 Å². The van der Waals surface area contributed by atoms with E-state index in [0.29, 0.717) is 29.4 Å². The highest BCUT2D eigenvalue weighted by molar-refractivity contribution is 8.18. The molecule has 1 aliphatic heterocycles. The smallest absolute Gasteiger partial charge is 0.294 e. The Kier molecular flexibility index (Phi) is 7.36. The molecular formula is C23H24N2O5S. The zero-order valence-electron chi connectivity index (χ0n) is 17.6. The van der Waals surface area contributed by atoms with Crippen molar-refractivity contribution in [1.29, 1.82) is 0 Å². The SMILES string of the molecule is CCOc1cc(/C=C2\SC(=O)N(CC(=O)Nc3ccccc3)C2=O)ccc1OC(C)C. The summed E-state index contributed by atoms with van der Waals surface area (Å²) in [6.45, 7) is 5.84. The Morgan fingerprint density at radius 1 is 1.13 bits per heavy atom. The van der Waals surface area contributed by atoms with Crippen molar-refractivity contribution >= 4 is 40.6 Å². The van der Waals surface area contributed by atoms with E-state index >= 15 is 0 Å². The van der Waals surface area contributed by atoms with Gasteiger partial charge in [-0.25, -0.2) is 0 Å². The number of nitrogens with one attached hydrogen (secondary N) is 1. The maximum Gasteiger partial charge on any atom is 0.294 e. The monoisotopic (exact) mass is 440 g/mol. The fourth-order valence-electron chi connectivity index (χ4n) is 2.89. The number of amides is 3. The first-order valence-corrected chi connectivity index (χ1v) is 10.7. The highest BCUT2D eigenvalue weighted by Gasteiger charge is 2.36. The Bertz CT molecular complexity index is 1000. The van der Waals surface area contributed by atoms with Crippen LogP contribution in [0.4, 0.5) is 10.5 Å². The van der Waals surface area contributed by atoms with E-state index in [9.17, 15) is 14.4 Å².